The molecule has 152 valence electrons. The number of oxazole rings is 1. The summed E-state index contributed by atoms with van der Waals surface area (Å²) in [4.78, 5) is 24.9. The largest absolute Gasteiger partial charge is 0.423 e. The van der Waals surface area contributed by atoms with Gasteiger partial charge in [-0.3, -0.25) is 4.79 Å². The van der Waals surface area contributed by atoms with E-state index in [0.29, 0.717) is 11.1 Å². The molecule has 0 spiro atoms. The zero-order chi connectivity index (χ0) is 20.3. The number of benzene rings is 2. The van der Waals surface area contributed by atoms with Gasteiger partial charge in [0, 0.05) is 36.5 Å². The van der Waals surface area contributed by atoms with E-state index in [1.165, 1.54) is 5.56 Å². The normalized spacial score (nSPS) is 14.9. The van der Waals surface area contributed by atoms with Gasteiger partial charge in [-0.15, -0.1) is 11.3 Å². The lowest BCUT2D eigenvalue weighted by atomic mass is 9.96. The summed E-state index contributed by atoms with van der Waals surface area (Å²) in [6.45, 7) is 1.50. The Labute approximate surface area is 178 Å². The van der Waals surface area contributed by atoms with Crippen LogP contribution < -0.4 is 10.2 Å². The molecule has 2 aromatic carbocycles. The number of aromatic nitrogens is 2. The van der Waals surface area contributed by atoms with Gasteiger partial charge in [-0.25, -0.2) is 4.98 Å². The van der Waals surface area contributed by atoms with Gasteiger partial charge in [0.05, 0.1) is 0 Å². The number of amides is 1. The molecule has 2 aromatic heterocycles. The lowest BCUT2D eigenvalue weighted by Gasteiger charge is -2.29. The van der Waals surface area contributed by atoms with Gasteiger partial charge in [-0.05, 0) is 30.5 Å². The Morgan fingerprint density at radius 3 is 2.67 bits per heavy atom. The van der Waals surface area contributed by atoms with E-state index in [1.807, 2.05) is 48.7 Å². The van der Waals surface area contributed by atoms with Crippen molar-refractivity contribution in [1.82, 2.24) is 9.97 Å². The van der Waals surface area contributed by atoms with Gasteiger partial charge in [0.2, 0.25) is 5.91 Å². The zero-order valence-corrected chi connectivity index (χ0v) is 17.3. The molecule has 0 unspecified atom stereocenters. The van der Waals surface area contributed by atoms with Crippen molar-refractivity contribution in [1.29, 1.82) is 0 Å². The van der Waals surface area contributed by atoms with Gasteiger partial charge in [-0.2, -0.15) is 4.98 Å². The number of nitrogens with one attached hydrogen (secondary N) is 1. The Kier molecular flexibility index (Phi) is 5.19. The average Bonchev–Trinajstić information content (AvgIpc) is 3.41. The van der Waals surface area contributed by atoms with E-state index < -0.39 is 0 Å². The molecule has 1 fully saturated rings. The number of hydrogen-bond donors (Lipinski definition) is 1. The molecule has 0 saturated carbocycles. The number of carbonyl (C=O) groups is 1. The molecule has 7 heteroatoms. The summed E-state index contributed by atoms with van der Waals surface area (Å²) in [5.74, 6) is 0.0277. The van der Waals surface area contributed by atoms with Crippen molar-refractivity contribution in [2.24, 2.45) is 5.92 Å². The highest BCUT2D eigenvalue weighted by molar-refractivity contribution is 7.15. The minimum atomic E-state index is -0.0212. The van der Waals surface area contributed by atoms with Crippen LogP contribution in [0.1, 0.15) is 23.3 Å². The Morgan fingerprint density at radius 1 is 1.10 bits per heavy atom. The summed E-state index contributed by atoms with van der Waals surface area (Å²) in [5, 5.41) is 3.68. The molecule has 6 nitrogen and oxygen atoms in total. The molecular weight excluding hydrogens is 396 g/mol. The number of para-hydroxylation sites is 2. The van der Waals surface area contributed by atoms with Crippen LogP contribution in [-0.4, -0.2) is 29.0 Å². The van der Waals surface area contributed by atoms with E-state index in [4.69, 9.17) is 4.42 Å². The van der Waals surface area contributed by atoms with E-state index in [1.54, 1.807) is 11.3 Å². The second-order valence-corrected chi connectivity index (χ2v) is 8.62. The molecule has 1 amide bonds. The lowest BCUT2D eigenvalue weighted by molar-refractivity contribution is -0.120. The van der Waals surface area contributed by atoms with Crippen LogP contribution in [0.2, 0.25) is 0 Å². The fraction of sp³-hybridized carbons (Fsp3) is 0.261. The highest BCUT2D eigenvalue weighted by Crippen LogP contribution is 2.28. The number of carbonyl (C=O) groups excluding carboxylic acids is 1. The molecule has 1 N–H and O–H groups in total. The van der Waals surface area contributed by atoms with E-state index in [9.17, 15) is 4.79 Å². The lowest BCUT2D eigenvalue weighted by Crippen LogP contribution is -2.38. The summed E-state index contributed by atoms with van der Waals surface area (Å²) < 4.78 is 5.86. The topological polar surface area (TPSA) is 71.3 Å². The summed E-state index contributed by atoms with van der Waals surface area (Å²) in [6.07, 6.45) is 4.22. The molecule has 1 aliphatic heterocycles. The summed E-state index contributed by atoms with van der Waals surface area (Å²) in [6, 6.07) is 18.7. The Hall–Kier alpha value is -3.19. The van der Waals surface area contributed by atoms with Crippen LogP contribution in [0.25, 0.3) is 11.1 Å². The van der Waals surface area contributed by atoms with Crippen molar-refractivity contribution >= 4 is 39.5 Å². The maximum atomic E-state index is 12.7. The van der Waals surface area contributed by atoms with Gasteiger partial charge >= 0.3 is 0 Å². The van der Waals surface area contributed by atoms with Crippen molar-refractivity contribution < 1.29 is 9.21 Å². The van der Waals surface area contributed by atoms with Crippen molar-refractivity contribution in [3.8, 4) is 0 Å². The van der Waals surface area contributed by atoms with Crippen LogP contribution in [0.5, 0.6) is 0 Å². The molecule has 0 bridgehead atoms. The third-order valence-corrected chi connectivity index (χ3v) is 6.34. The van der Waals surface area contributed by atoms with Crippen LogP contribution in [0.15, 0.2) is 65.2 Å². The molecule has 5 rings (SSSR count). The van der Waals surface area contributed by atoms with E-state index in [2.05, 4.69) is 32.3 Å². The maximum Gasteiger partial charge on any atom is 0.298 e. The molecule has 1 aliphatic rings. The second kappa shape index (κ2) is 8.28. The van der Waals surface area contributed by atoms with E-state index in [-0.39, 0.29) is 11.8 Å². The molecule has 30 heavy (non-hydrogen) atoms. The number of rotatable bonds is 5. The van der Waals surface area contributed by atoms with Gasteiger partial charge < -0.3 is 14.6 Å². The van der Waals surface area contributed by atoms with Crippen molar-refractivity contribution in [3.63, 3.8) is 0 Å². The summed E-state index contributed by atoms with van der Waals surface area (Å²) in [5.41, 5.74) is 2.90. The SMILES string of the molecule is O=C(Nc1ncc(Cc2ccccc2)s1)C1CCN(c2nc3ccccc3o2)CC1. The monoisotopic (exact) mass is 418 g/mol. The van der Waals surface area contributed by atoms with Crippen LogP contribution in [0.3, 0.4) is 0 Å². The first-order valence-corrected chi connectivity index (χ1v) is 11.0. The Morgan fingerprint density at radius 2 is 1.87 bits per heavy atom. The standard InChI is InChI=1S/C23H22N4O2S/c28-21(26-22-24-15-18(30-22)14-16-6-2-1-3-7-16)17-10-12-27(13-11-17)23-25-19-8-4-5-9-20(19)29-23/h1-9,15,17H,10-14H2,(H,24,26,28). The number of hydrogen-bond acceptors (Lipinski definition) is 6. The minimum absolute atomic E-state index is 0.0212. The predicted molar refractivity (Wildman–Crippen MR) is 119 cm³/mol. The number of anilines is 2. The van der Waals surface area contributed by atoms with Gasteiger partial charge in [0.25, 0.3) is 6.01 Å². The summed E-state index contributed by atoms with van der Waals surface area (Å²) in [7, 11) is 0. The first-order chi connectivity index (χ1) is 14.7. The first-order valence-electron chi connectivity index (χ1n) is 10.1. The molecule has 0 aliphatic carbocycles. The van der Waals surface area contributed by atoms with E-state index in [0.717, 1.165) is 48.3 Å². The molecule has 0 atom stereocenters. The number of nitrogens with zero attached hydrogens (tertiary/aromatic N) is 3. The molecular formula is C23H22N4O2S. The number of thiazole rings is 1. The fourth-order valence-corrected chi connectivity index (χ4v) is 4.63. The molecule has 0 radical (unpaired) electrons. The van der Waals surface area contributed by atoms with Crippen molar-refractivity contribution in [2.45, 2.75) is 19.3 Å². The predicted octanol–water partition coefficient (Wildman–Crippen LogP) is 4.73. The third-order valence-electron chi connectivity index (χ3n) is 5.42. The molecule has 1 saturated heterocycles. The Bertz CT molecular complexity index is 1110. The number of fused-ring (bicyclic) bond motifs is 1. The molecule has 4 aromatic rings. The number of piperidine rings is 1. The van der Waals surface area contributed by atoms with Crippen LogP contribution >= 0.6 is 11.3 Å². The molecule has 3 heterocycles. The highest BCUT2D eigenvalue weighted by Gasteiger charge is 2.27. The maximum absolute atomic E-state index is 12.7. The smallest absolute Gasteiger partial charge is 0.298 e. The van der Waals surface area contributed by atoms with Gasteiger partial charge in [-0.1, -0.05) is 42.5 Å². The fourth-order valence-electron chi connectivity index (χ4n) is 3.78. The van der Waals surface area contributed by atoms with E-state index >= 15 is 0 Å². The highest BCUT2D eigenvalue weighted by atomic mass is 32.1. The zero-order valence-electron chi connectivity index (χ0n) is 16.5. The quantitative estimate of drug-likeness (QED) is 0.507. The van der Waals surface area contributed by atoms with Crippen molar-refractivity contribution in [2.75, 3.05) is 23.3 Å². The van der Waals surface area contributed by atoms with Gasteiger partial charge in [0.1, 0.15) is 5.52 Å². The van der Waals surface area contributed by atoms with Crippen LogP contribution in [0, 0.1) is 5.92 Å². The first kappa shape index (κ1) is 18.8. The Balaban J connectivity index is 1.16. The van der Waals surface area contributed by atoms with Crippen LogP contribution in [0.4, 0.5) is 11.1 Å². The average molecular weight is 419 g/mol. The third kappa shape index (κ3) is 4.07. The minimum Gasteiger partial charge on any atom is -0.423 e. The van der Waals surface area contributed by atoms with Crippen LogP contribution in [-0.2, 0) is 11.2 Å². The van der Waals surface area contributed by atoms with Crippen molar-refractivity contribution in [3.05, 3.63) is 71.2 Å². The second-order valence-electron chi connectivity index (χ2n) is 7.51. The summed E-state index contributed by atoms with van der Waals surface area (Å²) >= 11 is 1.54. The van der Waals surface area contributed by atoms with Gasteiger partial charge in [0.15, 0.2) is 10.7 Å².